The van der Waals surface area contributed by atoms with Crippen LogP contribution in [0.25, 0.3) is 16.5 Å². The first-order chi connectivity index (χ1) is 8.89. The first kappa shape index (κ1) is 13.1. The van der Waals surface area contributed by atoms with Crippen LogP contribution in [0.3, 0.4) is 0 Å². The number of fused-ring (bicyclic) bond motifs is 1. The highest BCUT2D eigenvalue weighted by Gasteiger charge is 2.36. The van der Waals surface area contributed by atoms with E-state index in [1.54, 1.807) is 18.2 Å². The molecular weight excluding hydrogens is 259 g/mol. The molecule has 0 fully saturated rings. The largest absolute Gasteiger partial charge is 0.478 e. The highest BCUT2D eigenvalue weighted by molar-refractivity contribution is 5.98. The van der Waals surface area contributed by atoms with Crippen LogP contribution >= 0.6 is 0 Å². The Bertz CT molecular complexity index is 657. The van der Waals surface area contributed by atoms with Gasteiger partial charge in [0, 0.05) is 23.2 Å². The van der Waals surface area contributed by atoms with E-state index in [0.29, 0.717) is 5.39 Å². The predicted octanol–water partition coefficient (Wildman–Crippen LogP) is 3.27. The van der Waals surface area contributed by atoms with Crippen LogP contribution in [0.2, 0.25) is 0 Å². The molecule has 0 radical (unpaired) electrons. The van der Waals surface area contributed by atoms with E-state index in [9.17, 15) is 18.0 Å². The summed E-state index contributed by atoms with van der Waals surface area (Å²) >= 11 is 0. The quantitative estimate of drug-likeness (QED) is 0.849. The molecule has 1 aromatic carbocycles. The van der Waals surface area contributed by atoms with Crippen molar-refractivity contribution < 1.29 is 23.1 Å². The zero-order valence-corrected chi connectivity index (χ0v) is 9.48. The number of alkyl halides is 3. The van der Waals surface area contributed by atoms with Gasteiger partial charge in [-0.05, 0) is 6.07 Å². The topological polar surface area (TPSA) is 50.2 Å². The van der Waals surface area contributed by atoms with Crippen LogP contribution in [0, 0.1) is 0 Å². The van der Waals surface area contributed by atoms with Crippen molar-refractivity contribution in [2.24, 2.45) is 0 Å². The number of benzene rings is 1. The van der Waals surface area contributed by atoms with E-state index in [2.05, 4.69) is 4.98 Å². The molecule has 3 nitrogen and oxygen atoms in total. The first-order valence-electron chi connectivity index (χ1n) is 5.25. The third kappa shape index (κ3) is 2.73. The van der Waals surface area contributed by atoms with Crippen LogP contribution in [0.1, 0.15) is 5.56 Å². The molecule has 0 aliphatic rings. The van der Waals surface area contributed by atoms with Crippen molar-refractivity contribution in [2.75, 3.05) is 0 Å². The molecule has 0 aliphatic carbocycles. The van der Waals surface area contributed by atoms with Crippen LogP contribution in [0.5, 0.6) is 0 Å². The molecule has 0 spiro atoms. The average molecular weight is 267 g/mol. The Morgan fingerprint density at radius 2 is 1.89 bits per heavy atom. The summed E-state index contributed by atoms with van der Waals surface area (Å²) in [6.45, 7) is 0. The van der Waals surface area contributed by atoms with Crippen molar-refractivity contribution >= 4 is 22.4 Å². The van der Waals surface area contributed by atoms with Crippen molar-refractivity contribution in [1.29, 1.82) is 0 Å². The van der Waals surface area contributed by atoms with Gasteiger partial charge in [-0.1, -0.05) is 24.3 Å². The third-order valence-electron chi connectivity index (χ3n) is 2.50. The molecule has 0 saturated carbocycles. The van der Waals surface area contributed by atoms with E-state index in [0.717, 1.165) is 0 Å². The molecule has 2 aromatic rings. The Labute approximate surface area is 106 Å². The number of pyridine rings is 1. The summed E-state index contributed by atoms with van der Waals surface area (Å²) in [5.74, 6) is -1.65. The van der Waals surface area contributed by atoms with Crippen LogP contribution in [0.15, 0.2) is 42.6 Å². The van der Waals surface area contributed by atoms with Gasteiger partial charge in [0.15, 0.2) is 0 Å². The maximum atomic E-state index is 12.9. The molecule has 0 amide bonds. The van der Waals surface area contributed by atoms with Crippen molar-refractivity contribution in [2.45, 2.75) is 6.18 Å². The molecular formula is C13H8F3NO2. The maximum absolute atomic E-state index is 12.9. The molecule has 0 atom stereocenters. The fourth-order valence-corrected chi connectivity index (χ4v) is 1.76. The number of carboxylic acid groups (broad SMARTS) is 1. The Hall–Kier alpha value is -2.37. The van der Waals surface area contributed by atoms with E-state index < -0.39 is 17.7 Å². The number of allylic oxidation sites excluding steroid dienone is 1. The second-order valence-corrected chi connectivity index (χ2v) is 3.77. The van der Waals surface area contributed by atoms with E-state index in [-0.39, 0.29) is 17.2 Å². The molecule has 98 valence electrons. The maximum Gasteiger partial charge on any atom is 0.417 e. The SMILES string of the molecule is O=C(O)/C=C(\c1cccc2cccnc12)C(F)(F)F. The summed E-state index contributed by atoms with van der Waals surface area (Å²) in [6.07, 6.45) is -3.24. The van der Waals surface area contributed by atoms with Gasteiger partial charge in [-0.15, -0.1) is 0 Å². The monoisotopic (exact) mass is 267 g/mol. The van der Waals surface area contributed by atoms with Gasteiger partial charge >= 0.3 is 12.1 Å². The fraction of sp³-hybridized carbons (Fsp3) is 0.0769. The first-order valence-corrected chi connectivity index (χ1v) is 5.25. The summed E-state index contributed by atoms with van der Waals surface area (Å²) in [7, 11) is 0. The van der Waals surface area contributed by atoms with Crippen LogP contribution in [-0.2, 0) is 4.79 Å². The molecule has 2 rings (SSSR count). The van der Waals surface area contributed by atoms with Crippen LogP contribution < -0.4 is 0 Å². The standard InChI is InChI=1S/C13H8F3NO2/c14-13(15,16)10(7-11(18)19)9-5-1-3-8-4-2-6-17-12(8)9/h1-7H,(H,18,19)/b10-7+. The normalized spacial score (nSPS) is 12.7. The highest BCUT2D eigenvalue weighted by Crippen LogP contribution is 2.36. The molecule has 0 unspecified atom stereocenters. The number of hydrogen-bond donors (Lipinski definition) is 1. The number of carboxylic acids is 1. The van der Waals surface area contributed by atoms with Crippen LogP contribution in [-0.4, -0.2) is 22.2 Å². The lowest BCUT2D eigenvalue weighted by Crippen LogP contribution is -2.13. The van der Waals surface area contributed by atoms with Gasteiger partial charge in [-0.3, -0.25) is 4.98 Å². The minimum Gasteiger partial charge on any atom is -0.478 e. The number of halogens is 3. The molecule has 1 N–H and O–H groups in total. The summed E-state index contributed by atoms with van der Waals surface area (Å²) in [4.78, 5) is 14.5. The fourth-order valence-electron chi connectivity index (χ4n) is 1.76. The Morgan fingerprint density at radius 1 is 1.21 bits per heavy atom. The Morgan fingerprint density at radius 3 is 2.53 bits per heavy atom. The lowest BCUT2D eigenvalue weighted by molar-refractivity contribution is -0.131. The summed E-state index contributed by atoms with van der Waals surface area (Å²) in [5, 5.41) is 9.10. The zero-order chi connectivity index (χ0) is 14.0. The van der Waals surface area contributed by atoms with E-state index >= 15 is 0 Å². The average Bonchev–Trinajstić information content (AvgIpc) is 2.34. The highest BCUT2D eigenvalue weighted by atomic mass is 19.4. The van der Waals surface area contributed by atoms with Gasteiger partial charge in [0.1, 0.15) is 0 Å². The number of aliphatic carboxylic acids is 1. The van der Waals surface area contributed by atoms with E-state index in [1.165, 1.54) is 18.3 Å². The smallest absolute Gasteiger partial charge is 0.417 e. The summed E-state index contributed by atoms with van der Waals surface area (Å²) < 4.78 is 38.8. The molecule has 0 saturated heterocycles. The number of para-hydroxylation sites is 1. The number of carbonyl (C=O) groups is 1. The number of rotatable bonds is 2. The molecule has 1 heterocycles. The predicted molar refractivity (Wildman–Crippen MR) is 63.4 cm³/mol. The molecule has 6 heteroatoms. The Kier molecular flexibility index (Phi) is 3.25. The van der Waals surface area contributed by atoms with Gasteiger partial charge in [0.05, 0.1) is 11.1 Å². The third-order valence-corrected chi connectivity index (χ3v) is 2.50. The molecule has 0 aliphatic heterocycles. The lowest BCUT2D eigenvalue weighted by atomic mass is 10.0. The van der Waals surface area contributed by atoms with Crippen LogP contribution in [0.4, 0.5) is 13.2 Å². The Balaban J connectivity index is 2.74. The van der Waals surface area contributed by atoms with Gasteiger partial charge in [0.25, 0.3) is 0 Å². The van der Waals surface area contributed by atoms with Crippen molar-refractivity contribution in [1.82, 2.24) is 4.98 Å². The summed E-state index contributed by atoms with van der Waals surface area (Å²) in [5.41, 5.74) is -1.34. The van der Waals surface area contributed by atoms with E-state index in [4.69, 9.17) is 5.11 Å². The van der Waals surface area contributed by atoms with Gasteiger partial charge in [-0.25, -0.2) is 4.79 Å². The second kappa shape index (κ2) is 4.72. The van der Waals surface area contributed by atoms with E-state index in [1.807, 2.05) is 0 Å². The van der Waals surface area contributed by atoms with Crippen molar-refractivity contribution in [3.8, 4) is 0 Å². The summed E-state index contributed by atoms with van der Waals surface area (Å²) in [6, 6.07) is 7.46. The number of aromatic nitrogens is 1. The molecule has 19 heavy (non-hydrogen) atoms. The minimum atomic E-state index is -4.76. The van der Waals surface area contributed by atoms with Gasteiger partial charge in [-0.2, -0.15) is 13.2 Å². The van der Waals surface area contributed by atoms with Crippen molar-refractivity contribution in [3.05, 3.63) is 48.2 Å². The van der Waals surface area contributed by atoms with Gasteiger partial charge < -0.3 is 5.11 Å². The molecule has 0 bridgehead atoms. The zero-order valence-electron chi connectivity index (χ0n) is 9.48. The van der Waals surface area contributed by atoms with Crippen molar-refractivity contribution in [3.63, 3.8) is 0 Å². The number of nitrogens with zero attached hydrogens (tertiary/aromatic N) is 1. The molecule has 1 aromatic heterocycles. The lowest BCUT2D eigenvalue weighted by Gasteiger charge is -2.13. The second-order valence-electron chi connectivity index (χ2n) is 3.77. The number of hydrogen-bond acceptors (Lipinski definition) is 2. The minimum absolute atomic E-state index is 0.120. The van der Waals surface area contributed by atoms with Gasteiger partial charge in [0.2, 0.25) is 0 Å².